The number of carbonyl (C=O) groups excluding carboxylic acids is 1. The highest BCUT2D eigenvalue weighted by Crippen LogP contribution is 2.54. The zero-order valence-electron chi connectivity index (χ0n) is 21.8. The Labute approximate surface area is 233 Å². The van der Waals surface area contributed by atoms with Crippen molar-refractivity contribution >= 4 is 17.7 Å². The van der Waals surface area contributed by atoms with E-state index in [1.807, 2.05) is 0 Å². The van der Waals surface area contributed by atoms with Crippen LogP contribution in [0.2, 0.25) is 0 Å². The Balaban J connectivity index is 1.85. The average Bonchev–Trinajstić information content (AvgIpc) is 2.93. The van der Waals surface area contributed by atoms with Gasteiger partial charge in [-0.25, -0.2) is 4.79 Å². The lowest BCUT2D eigenvalue weighted by Gasteiger charge is -2.39. The number of ether oxygens (including phenoxy) is 5. The lowest BCUT2D eigenvalue weighted by molar-refractivity contribution is -0.0203. The van der Waals surface area contributed by atoms with E-state index >= 15 is 0 Å². The van der Waals surface area contributed by atoms with Crippen LogP contribution in [0.3, 0.4) is 0 Å². The molecule has 0 aromatic heterocycles. The fourth-order valence-electron chi connectivity index (χ4n) is 4.44. The second kappa shape index (κ2) is 11.8. The topological polar surface area (TPSA) is 190 Å². The normalized spacial score (nSPS) is 17.9. The van der Waals surface area contributed by atoms with Crippen molar-refractivity contribution in [1.82, 2.24) is 0 Å². The van der Waals surface area contributed by atoms with Gasteiger partial charge in [0, 0.05) is 30.0 Å². The molecule has 7 N–H and O–H groups in total. The van der Waals surface area contributed by atoms with Gasteiger partial charge in [-0.15, -0.1) is 11.8 Å². The number of benzene rings is 3. The van der Waals surface area contributed by atoms with Crippen LogP contribution in [0.1, 0.15) is 32.8 Å². The lowest BCUT2D eigenvalue weighted by Crippen LogP contribution is -2.37. The van der Waals surface area contributed by atoms with Crippen molar-refractivity contribution in [3.8, 4) is 51.7 Å². The smallest absolute Gasteiger partial charge is 0.338 e. The van der Waals surface area contributed by atoms with Gasteiger partial charge in [-0.2, -0.15) is 0 Å². The summed E-state index contributed by atoms with van der Waals surface area (Å²) >= 11 is 1.27. The third kappa shape index (κ3) is 5.38. The Morgan fingerprint density at radius 1 is 0.900 bits per heavy atom. The van der Waals surface area contributed by atoms with Crippen LogP contribution in [0, 0.1) is 0 Å². The number of esters is 1. The molecule has 0 radical (unpaired) electrons. The van der Waals surface area contributed by atoms with E-state index in [4.69, 9.17) is 29.4 Å². The highest BCUT2D eigenvalue weighted by Gasteiger charge is 2.45. The zero-order chi connectivity index (χ0) is 29.1. The summed E-state index contributed by atoms with van der Waals surface area (Å²) in [7, 11) is 4.22. The van der Waals surface area contributed by atoms with Gasteiger partial charge < -0.3 is 55.0 Å². The summed E-state index contributed by atoms with van der Waals surface area (Å²) in [4.78, 5) is 13.6. The van der Waals surface area contributed by atoms with Crippen LogP contribution in [-0.4, -0.2) is 71.2 Å². The summed E-state index contributed by atoms with van der Waals surface area (Å²) in [5.74, 6) is -2.22. The van der Waals surface area contributed by atoms with Gasteiger partial charge in [0.1, 0.15) is 17.2 Å². The maximum Gasteiger partial charge on any atom is 0.338 e. The predicted octanol–water partition coefficient (Wildman–Crippen LogP) is 3.33. The molecular weight excluding hydrogens is 546 g/mol. The number of thioether (sulfide) groups is 1. The molecule has 13 heteroatoms. The molecule has 4 rings (SSSR count). The first-order valence-electron chi connectivity index (χ1n) is 11.9. The fourth-order valence-corrected chi connectivity index (χ4v) is 5.62. The molecule has 0 saturated heterocycles. The minimum atomic E-state index is -1.17. The van der Waals surface area contributed by atoms with E-state index in [2.05, 4.69) is 0 Å². The number of fused-ring (bicyclic) bond motifs is 1. The lowest BCUT2D eigenvalue weighted by atomic mass is 9.92. The first kappa shape index (κ1) is 28.6. The Morgan fingerprint density at radius 3 is 2.08 bits per heavy atom. The van der Waals surface area contributed by atoms with Gasteiger partial charge in [0.15, 0.2) is 41.0 Å². The molecule has 1 aliphatic heterocycles. The average molecular weight is 576 g/mol. The minimum Gasteiger partial charge on any atom is -0.508 e. The number of methoxy groups -OCH3 is 3. The van der Waals surface area contributed by atoms with E-state index in [-0.39, 0.29) is 57.7 Å². The molecule has 0 bridgehead atoms. The SMILES string of the molecule is COc1cc(C(=O)O[C@H]2[C@@H](c3cc(O)c(O)c(O)c3)Oc3cc(O)cc(O)c3[C@@H]2SCCN)cc(OC)c1OC. The summed E-state index contributed by atoms with van der Waals surface area (Å²) < 4.78 is 28.1. The molecule has 0 saturated carbocycles. The van der Waals surface area contributed by atoms with Gasteiger partial charge in [-0.3, -0.25) is 0 Å². The molecule has 0 fully saturated rings. The number of hydrogen-bond donors (Lipinski definition) is 6. The third-order valence-corrected chi connectivity index (χ3v) is 7.55. The van der Waals surface area contributed by atoms with Crippen molar-refractivity contribution in [2.75, 3.05) is 33.6 Å². The first-order valence-corrected chi connectivity index (χ1v) is 13.0. The van der Waals surface area contributed by atoms with Gasteiger partial charge in [0.05, 0.1) is 37.7 Å². The van der Waals surface area contributed by atoms with Crippen molar-refractivity contribution in [2.24, 2.45) is 5.73 Å². The van der Waals surface area contributed by atoms with Crippen molar-refractivity contribution in [2.45, 2.75) is 17.5 Å². The van der Waals surface area contributed by atoms with E-state index in [0.29, 0.717) is 5.75 Å². The van der Waals surface area contributed by atoms with Crippen LogP contribution >= 0.6 is 11.8 Å². The van der Waals surface area contributed by atoms with E-state index in [1.165, 1.54) is 51.3 Å². The van der Waals surface area contributed by atoms with Gasteiger partial charge >= 0.3 is 5.97 Å². The molecule has 3 aromatic rings. The van der Waals surface area contributed by atoms with Crippen LogP contribution in [0.25, 0.3) is 0 Å². The van der Waals surface area contributed by atoms with E-state index < -0.39 is 40.7 Å². The second-order valence-electron chi connectivity index (χ2n) is 8.69. The van der Waals surface area contributed by atoms with Gasteiger partial charge in [-0.05, 0) is 24.3 Å². The molecule has 1 aliphatic rings. The highest BCUT2D eigenvalue weighted by molar-refractivity contribution is 7.99. The maximum absolute atomic E-state index is 13.6. The number of phenolic OH excluding ortho intramolecular Hbond substituents is 5. The molecule has 1 heterocycles. The second-order valence-corrected chi connectivity index (χ2v) is 9.94. The quantitative estimate of drug-likeness (QED) is 0.161. The van der Waals surface area contributed by atoms with E-state index in [9.17, 15) is 30.3 Å². The van der Waals surface area contributed by atoms with Gasteiger partial charge in [0.2, 0.25) is 5.75 Å². The molecule has 3 atom stereocenters. The molecule has 0 amide bonds. The zero-order valence-corrected chi connectivity index (χ0v) is 22.6. The summed E-state index contributed by atoms with van der Waals surface area (Å²) in [5.41, 5.74) is 6.21. The summed E-state index contributed by atoms with van der Waals surface area (Å²) in [5, 5.41) is 50.4. The van der Waals surface area contributed by atoms with Crippen molar-refractivity contribution in [3.05, 3.63) is 53.1 Å². The van der Waals surface area contributed by atoms with Crippen molar-refractivity contribution in [3.63, 3.8) is 0 Å². The number of phenols is 5. The van der Waals surface area contributed by atoms with Crippen LogP contribution in [0.15, 0.2) is 36.4 Å². The Morgan fingerprint density at radius 2 is 1.52 bits per heavy atom. The van der Waals surface area contributed by atoms with Crippen LogP contribution in [-0.2, 0) is 4.74 Å². The Hall–Kier alpha value is -4.36. The number of aromatic hydroxyl groups is 5. The third-order valence-electron chi connectivity index (χ3n) is 6.22. The molecule has 40 heavy (non-hydrogen) atoms. The molecule has 12 nitrogen and oxygen atoms in total. The standard InChI is InChI=1S/C27H29NO11S/c1-35-19-8-13(9-20(36-2)24(19)37-3)27(34)39-25-23(12-6-16(31)22(33)17(32)7-12)38-18-11-14(29)10-15(30)21(18)26(25)40-5-4-28/h6-11,23,25-26,29-33H,4-5,28H2,1-3H3/t23-,25+,26+/m1/s1. The van der Waals surface area contributed by atoms with E-state index in [0.717, 1.165) is 18.2 Å². The largest absolute Gasteiger partial charge is 0.508 e. The minimum absolute atomic E-state index is 0.0490. The molecule has 0 spiro atoms. The molecule has 3 aromatic carbocycles. The van der Waals surface area contributed by atoms with Crippen LogP contribution < -0.4 is 24.7 Å². The molecule has 0 aliphatic carbocycles. The van der Waals surface area contributed by atoms with Crippen molar-refractivity contribution in [1.29, 1.82) is 0 Å². The van der Waals surface area contributed by atoms with Gasteiger partial charge in [0.25, 0.3) is 0 Å². The Kier molecular flexibility index (Phi) is 8.45. The summed E-state index contributed by atoms with van der Waals surface area (Å²) in [6.07, 6.45) is -2.35. The Bertz CT molecular complexity index is 1370. The highest BCUT2D eigenvalue weighted by atomic mass is 32.2. The predicted molar refractivity (Wildman–Crippen MR) is 144 cm³/mol. The number of nitrogens with two attached hydrogens (primary N) is 1. The fraction of sp³-hybridized carbons (Fsp3) is 0.296. The monoisotopic (exact) mass is 575 g/mol. The van der Waals surface area contributed by atoms with Crippen LogP contribution in [0.5, 0.6) is 51.7 Å². The molecular formula is C27H29NO11S. The van der Waals surface area contributed by atoms with Crippen LogP contribution in [0.4, 0.5) is 0 Å². The number of carbonyl (C=O) groups is 1. The van der Waals surface area contributed by atoms with Crippen molar-refractivity contribution < 1.29 is 54.0 Å². The molecule has 214 valence electrons. The number of hydrogen-bond acceptors (Lipinski definition) is 13. The first-order chi connectivity index (χ1) is 19.1. The number of rotatable bonds is 9. The van der Waals surface area contributed by atoms with E-state index in [1.54, 1.807) is 0 Å². The molecule has 0 unspecified atom stereocenters. The summed E-state index contributed by atoms with van der Waals surface area (Å²) in [6, 6.07) is 7.54. The van der Waals surface area contributed by atoms with Gasteiger partial charge in [-0.1, -0.05) is 0 Å². The summed E-state index contributed by atoms with van der Waals surface area (Å²) in [6.45, 7) is 0.259. The maximum atomic E-state index is 13.6.